The third-order valence-corrected chi connectivity index (χ3v) is 13.7. The predicted molar refractivity (Wildman–Crippen MR) is 182 cm³/mol. The van der Waals surface area contributed by atoms with Crippen LogP contribution in [-0.2, 0) is 36.6 Å². The zero-order chi connectivity index (χ0) is 31.5. The standard InChI is InChI=1S/C39H46O5Si/c1-39(2,3)45(34-20-12-6-13-21-34,35-22-14-7-15-23-35)44-37-25-24-33(30-41-28-31-16-8-4-9-17-31)43-38(37)36(26-27-40)42-29-32-18-10-5-11-19-32/h4-23,27,33,36-38H,24-26,28-30H2,1-3H3/t33-,36+,37+,38-/m0/s1. The van der Waals surface area contributed by atoms with Gasteiger partial charge in [0.2, 0.25) is 0 Å². The van der Waals surface area contributed by atoms with Crippen molar-refractivity contribution in [3.63, 3.8) is 0 Å². The molecule has 5 nitrogen and oxygen atoms in total. The highest BCUT2D eigenvalue weighted by Crippen LogP contribution is 2.40. The van der Waals surface area contributed by atoms with Gasteiger partial charge in [-0.1, -0.05) is 142 Å². The minimum atomic E-state index is -2.88. The van der Waals surface area contributed by atoms with E-state index in [2.05, 4.69) is 93.6 Å². The molecule has 1 saturated heterocycles. The summed E-state index contributed by atoms with van der Waals surface area (Å²) in [5, 5.41) is 2.24. The second kappa shape index (κ2) is 15.7. The molecule has 0 aromatic heterocycles. The molecule has 0 bridgehead atoms. The molecule has 4 atom stereocenters. The van der Waals surface area contributed by atoms with Gasteiger partial charge in [-0.15, -0.1) is 0 Å². The highest BCUT2D eigenvalue weighted by atomic mass is 28.4. The summed E-state index contributed by atoms with van der Waals surface area (Å²) in [6.45, 7) is 8.23. The number of hydrogen-bond acceptors (Lipinski definition) is 5. The third-order valence-electron chi connectivity index (χ3n) is 8.65. The van der Waals surface area contributed by atoms with Crippen molar-refractivity contribution in [1.29, 1.82) is 0 Å². The number of benzene rings is 4. The van der Waals surface area contributed by atoms with Gasteiger partial charge in [0, 0.05) is 6.42 Å². The normalized spacial score (nSPS) is 19.6. The molecule has 1 heterocycles. The third kappa shape index (κ3) is 8.26. The molecule has 1 aliphatic heterocycles. The van der Waals surface area contributed by atoms with Gasteiger partial charge >= 0.3 is 0 Å². The van der Waals surface area contributed by atoms with Crippen LogP contribution in [0.5, 0.6) is 0 Å². The summed E-state index contributed by atoms with van der Waals surface area (Å²) >= 11 is 0. The average molecular weight is 623 g/mol. The second-order valence-electron chi connectivity index (χ2n) is 12.9. The van der Waals surface area contributed by atoms with E-state index in [1.54, 1.807) is 0 Å². The Morgan fingerprint density at radius 3 is 1.78 bits per heavy atom. The summed E-state index contributed by atoms with van der Waals surface area (Å²) in [6, 6.07) is 41.6. The lowest BCUT2D eigenvalue weighted by Crippen LogP contribution is -2.69. The molecule has 1 aliphatic rings. The second-order valence-corrected chi connectivity index (χ2v) is 17.1. The number of aldehydes is 1. The fraction of sp³-hybridized carbons (Fsp3) is 0.359. The number of carbonyl (C=O) groups is 1. The first-order valence-electron chi connectivity index (χ1n) is 16.1. The topological polar surface area (TPSA) is 54.0 Å². The van der Waals surface area contributed by atoms with Crippen LogP contribution < -0.4 is 10.4 Å². The van der Waals surface area contributed by atoms with E-state index >= 15 is 0 Å². The molecule has 0 aliphatic carbocycles. The summed E-state index contributed by atoms with van der Waals surface area (Å²) in [5.74, 6) is 0. The van der Waals surface area contributed by atoms with Gasteiger partial charge in [-0.25, -0.2) is 0 Å². The van der Waals surface area contributed by atoms with Crippen LogP contribution in [-0.4, -0.2) is 45.6 Å². The SMILES string of the molecule is CC(C)(C)[Si](O[C@@H]1CC[C@@H](COCc2ccccc2)O[C@H]1[C@@H](CC=O)OCc1ccccc1)(c1ccccc1)c1ccccc1. The Morgan fingerprint density at radius 2 is 1.27 bits per heavy atom. The van der Waals surface area contributed by atoms with E-state index in [1.165, 1.54) is 10.4 Å². The van der Waals surface area contributed by atoms with Crippen molar-refractivity contribution in [1.82, 2.24) is 0 Å². The molecule has 236 valence electrons. The lowest BCUT2D eigenvalue weighted by atomic mass is 9.96. The van der Waals surface area contributed by atoms with E-state index in [0.717, 1.165) is 30.3 Å². The Bertz CT molecular complexity index is 1390. The van der Waals surface area contributed by atoms with Gasteiger partial charge in [-0.05, 0) is 39.4 Å². The maximum Gasteiger partial charge on any atom is 0.261 e. The van der Waals surface area contributed by atoms with E-state index in [0.29, 0.717) is 19.8 Å². The number of ether oxygens (including phenoxy) is 3. The Morgan fingerprint density at radius 1 is 0.756 bits per heavy atom. The van der Waals surface area contributed by atoms with Crippen molar-refractivity contribution in [2.45, 2.75) is 82.7 Å². The van der Waals surface area contributed by atoms with E-state index in [-0.39, 0.29) is 23.7 Å². The number of hydrogen-bond donors (Lipinski definition) is 0. The van der Waals surface area contributed by atoms with E-state index in [1.807, 2.05) is 48.5 Å². The quantitative estimate of drug-likeness (QED) is 0.114. The van der Waals surface area contributed by atoms with Gasteiger partial charge in [-0.3, -0.25) is 0 Å². The Balaban J connectivity index is 1.46. The van der Waals surface area contributed by atoms with Gasteiger partial charge < -0.3 is 23.4 Å². The fourth-order valence-corrected chi connectivity index (χ4v) is 11.2. The first-order valence-corrected chi connectivity index (χ1v) is 18.0. The summed E-state index contributed by atoms with van der Waals surface area (Å²) in [5.41, 5.74) is 2.18. The monoisotopic (exact) mass is 622 g/mol. The molecular weight excluding hydrogens is 577 g/mol. The Kier molecular flexibility index (Phi) is 11.5. The van der Waals surface area contributed by atoms with Gasteiger partial charge in [0.25, 0.3) is 8.32 Å². The lowest BCUT2D eigenvalue weighted by Gasteiger charge is -2.49. The molecule has 0 N–H and O–H groups in total. The molecule has 45 heavy (non-hydrogen) atoms. The van der Waals surface area contributed by atoms with Gasteiger partial charge in [0.05, 0.1) is 38.1 Å². The minimum Gasteiger partial charge on any atom is -0.402 e. The Hall–Kier alpha value is -3.39. The van der Waals surface area contributed by atoms with Gasteiger partial charge in [0.1, 0.15) is 12.4 Å². The van der Waals surface area contributed by atoms with Crippen LogP contribution in [0.2, 0.25) is 5.04 Å². The maximum atomic E-state index is 12.1. The maximum absolute atomic E-state index is 12.1. The zero-order valence-electron chi connectivity index (χ0n) is 26.7. The highest BCUT2D eigenvalue weighted by molar-refractivity contribution is 6.99. The van der Waals surface area contributed by atoms with Crippen molar-refractivity contribution in [2.24, 2.45) is 0 Å². The van der Waals surface area contributed by atoms with E-state index in [9.17, 15) is 4.79 Å². The molecule has 0 unspecified atom stereocenters. The van der Waals surface area contributed by atoms with Crippen molar-refractivity contribution >= 4 is 25.0 Å². The molecular formula is C39H46O5Si. The average Bonchev–Trinajstić information content (AvgIpc) is 3.07. The predicted octanol–water partition coefficient (Wildman–Crippen LogP) is 6.87. The minimum absolute atomic E-state index is 0.132. The molecule has 0 radical (unpaired) electrons. The summed E-state index contributed by atoms with van der Waals surface area (Å²) in [6.07, 6.45) is 1.40. The van der Waals surface area contributed by atoms with Crippen LogP contribution in [0.3, 0.4) is 0 Å². The zero-order valence-corrected chi connectivity index (χ0v) is 27.7. The molecule has 0 spiro atoms. The van der Waals surface area contributed by atoms with Crippen LogP contribution in [0.15, 0.2) is 121 Å². The first kappa shape index (κ1) is 33.0. The van der Waals surface area contributed by atoms with Crippen LogP contribution in [0.1, 0.15) is 51.2 Å². The van der Waals surface area contributed by atoms with E-state index < -0.39 is 20.5 Å². The molecule has 5 rings (SSSR count). The number of rotatable bonds is 14. The van der Waals surface area contributed by atoms with Crippen molar-refractivity contribution < 1.29 is 23.4 Å². The van der Waals surface area contributed by atoms with Crippen LogP contribution in [0.4, 0.5) is 0 Å². The van der Waals surface area contributed by atoms with Crippen LogP contribution in [0, 0.1) is 0 Å². The van der Waals surface area contributed by atoms with Crippen molar-refractivity contribution in [3.05, 3.63) is 132 Å². The van der Waals surface area contributed by atoms with Crippen LogP contribution >= 0.6 is 0 Å². The van der Waals surface area contributed by atoms with Crippen LogP contribution in [0.25, 0.3) is 0 Å². The summed E-state index contributed by atoms with van der Waals surface area (Å²) in [4.78, 5) is 12.1. The number of carbonyl (C=O) groups excluding carboxylic acids is 1. The summed E-state index contributed by atoms with van der Waals surface area (Å²) < 4.78 is 27.1. The van der Waals surface area contributed by atoms with E-state index in [4.69, 9.17) is 18.6 Å². The highest BCUT2D eigenvalue weighted by Gasteiger charge is 2.53. The van der Waals surface area contributed by atoms with Gasteiger partial charge in [-0.2, -0.15) is 0 Å². The Labute approximate surface area is 269 Å². The smallest absolute Gasteiger partial charge is 0.261 e. The molecule has 0 saturated carbocycles. The largest absolute Gasteiger partial charge is 0.402 e. The molecule has 4 aromatic carbocycles. The lowest BCUT2D eigenvalue weighted by molar-refractivity contribution is -0.184. The molecule has 1 fully saturated rings. The molecule has 4 aromatic rings. The van der Waals surface area contributed by atoms with Crippen molar-refractivity contribution in [3.8, 4) is 0 Å². The summed E-state index contributed by atoms with van der Waals surface area (Å²) in [7, 11) is -2.88. The fourth-order valence-electron chi connectivity index (χ4n) is 6.44. The van der Waals surface area contributed by atoms with Gasteiger partial charge in [0.15, 0.2) is 0 Å². The molecule has 6 heteroatoms. The first-order chi connectivity index (χ1) is 21.9. The molecule has 0 amide bonds. The van der Waals surface area contributed by atoms with Crippen molar-refractivity contribution in [2.75, 3.05) is 6.61 Å².